The Kier molecular flexibility index (Phi) is 5.23. The Labute approximate surface area is 136 Å². The Morgan fingerprint density at radius 2 is 1.52 bits per heavy atom. The van der Waals surface area contributed by atoms with Crippen molar-refractivity contribution in [3.8, 4) is 0 Å². The first kappa shape index (κ1) is 16.8. The number of sulfonamides is 1. The van der Waals surface area contributed by atoms with Crippen molar-refractivity contribution in [1.29, 1.82) is 0 Å². The van der Waals surface area contributed by atoms with E-state index in [1.807, 2.05) is 31.2 Å². The van der Waals surface area contributed by atoms with Crippen molar-refractivity contribution >= 4 is 27.4 Å². The molecule has 0 aliphatic carbocycles. The normalized spacial score (nSPS) is 10.9. The smallest absolute Gasteiger partial charge is 0.319 e. The predicted molar refractivity (Wildman–Crippen MR) is 91.9 cm³/mol. The van der Waals surface area contributed by atoms with Crippen LogP contribution in [0.4, 0.5) is 16.2 Å². The van der Waals surface area contributed by atoms with Crippen LogP contribution in [0.5, 0.6) is 0 Å². The topological polar surface area (TPSA) is 87.3 Å². The number of aryl methyl sites for hydroxylation is 1. The molecule has 122 valence electrons. The van der Waals surface area contributed by atoms with Crippen molar-refractivity contribution in [2.24, 2.45) is 0 Å². The molecule has 23 heavy (non-hydrogen) atoms. The Morgan fingerprint density at radius 1 is 0.957 bits per heavy atom. The quantitative estimate of drug-likeness (QED) is 0.786. The monoisotopic (exact) mass is 333 g/mol. The molecule has 2 aromatic carbocycles. The van der Waals surface area contributed by atoms with E-state index in [1.54, 1.807) is 24.3 Å². The summed E-state index contributed by atoms with van der Waals surface area (Å²) in [6.07, 6.45) is 1.08. The number of rotatable bonds is 5. The highest BCUT2D eigenvalue weighted by Gasteiger charge is 2.04. The fourth-order valence-corrected chi connectivity index (χ4v) is 2.46. The van der Waals surface area contributed by atoms with Crippen molar-refractivity contribution in [2.45, 2.75) is 13.5 Å². The zero-order valence-corrected chi connectivity index (χ0v) is 13.8. The van der Waals surface area contributed by atoms with Crippen LogP contribution in [0.2, 0.25) is 0 Å². The molecule has 6 nitrogen and oxygen atoms in total. The molecule has 2 aromatic rings. The minimum atomic E-state index is -3.31. The van der Waals surface area contributed by atoms with Crippen molar-refractivity contribution in [3.63, 3.8) is 0 Å². The lowest BCUT2D eigenvalue weighted by molar-refractivity contribution is 0.251. The molecule has 0 aliphatic heterocycles. The van der Waals surface area contributed by atoms with Gasteiger partial charge < -0.3 is 10.6 Å². The molecule has 2 amide bonds. The molecule has 0 atom stereocenters. The van der Waals surface area contributed by atoms with Crippen LogP contribution < -0.4 is 15.4 Å². The van der Waals surface area contributed by atoms with Gasteiger partial charge >= 0.3 is 6.03 Å². The van der Waals surface area contributed by atoms with E-state index in [9.17, 15) is 13.2 Å². The molecule has 3 N–H and O–H groups in total. The number of hydrogen-bond donors (Lipinski definition) is 3. The number of nitrogens with one attached hydrogen (secondary N) is 3. The standard InChI is InChI=1S/C16H19N3O3S/c1-12-3-5-13(6-4-12)11-17-16(20)18-14-7-9-15(10-8-14)19-23(2,21)22/h3-10,19H,11H2,1-2H3,(H2,17,18,20). The summed E-state index contributed by atoms with van der Waals surface area (Å²) in [5.74, 6) is 0. The van der Waals surface area contributed by atoms with Gasteiger partial charge in [-0.2, -0.15) is 0 Å². The van der Waals surface area contributed by atoms with Crippen LogP contribution >= 0.6 is 0 Å². The highest BCUT2D eigenvalue weighted by molar-refractivity contribution is 7.92. The summed E-state index contributed by atoms with van der Waals surface area (Å²) in [6, 6.07) is 14.0. The van der Waals surface area contributed by atoms with Crippen molar-refractivity contribution in [2.75, 3.05) is 16.3 Å². The summed E-state index contributed by atoms with van der Waals surface area (Å²) >= 11 is 0. The molecule has 0 spiro atoms. The molecule has 0 saturated heterocycles. The van der Waals surface area contributed by atoms with E-state index in [4.69, 9.17) is 0 Å². The lowest BCUT2D eigenvalue weighted by Gasteiger charge is -2.09. The maximum absolute atomic E-state index is 11.8. The van der Waals surface area contributed by atoms with Crippen molar-refractivity contribution in [3.05, 3.63) is 59.7 Å². The largest absolute Gasteiger partial charge is 0.334 e. The molecular weight excluding hydrogens is 314 g/mol. The van der Waals surface area contributed by atoms with E-state index in [0.29, 0.717) is 17.9 Å². The van der Waals surface area contributed by atoms with E-state index < -0.39 is 10.0 Å². The van der Waals surface area contributed by atoms with Gasteiger partial charge in [0.25, 0.3) is 0 Å². The highest BCUT2D eigenvalue weighted by Crippen LogP contribution is 2.14. The molecular formula is C16H19N3O3S. The number of carbonyl (C=O) groups is 1. The van der Waals surface area contributed by atoms with Crippen molar-refractivity contribution < 1.29 is 13.2 Å². The zero-order valence-electron chi connectivity index (χ0n) is 13.0. The number of hydrogen-bond acceptors (Lipinski definition) is 3. The van der Waals surface area contributed by atoms with Gasteiger partial charge in [-0.3, -0.25) is 4.72 Å². The molecule has 0 fully saturated rings. The lowest BCUT2D eigenvalue weighted by Crippen LogP contribution is -2.28. The first-order valence-electron chi connectivity index (χ1n) is 7.00. The molecule has 0 saturated carbocycles. The average Bonchev–Trinajstić information content (AvgIpc) is 2.47. The molecule has 0 aliphatic rings. The SMILES string of the molecule is Cc1ccc(CNC(=O)Nc2ccc(NS(C)(=O)=O)cc2)cc1. The van der Waals surface area contributed by atoms with E-state index in [2.05, 4.69) is 15.4 Å². The van der Waals surface area contributed by atoms with Crippen LogP contribution in [0.25, 0.3) is 0 Å². The summed E-state index contributed by atoms with van der Waals surface area (Å²) in [5.41, 5.74) is 3.20. The van der Waals surface area contributed by atoms with Gasteiger partial charge in [0.15, 0.2) is 0 Å². The zero-order chi connectivity index (χ0) is 16.9. The highest BCUT2D eigenvalue weighted by atomic mass is 32.2. The second-order valence-corrected chi connectivity index (χ2v) is 6.99. The molecule has 7 heteroatoms. The summed E-state index contributed by atoms with van der Waals surface area (Å²) < 4.78 is 24.6. The van der Waals surface area contributed by atoms with Gasteiger partial charge in [0.2, 0.25) is 10.0 Å². The molecule has 0 radical (unpaired) electrons. The minimum Gasteiger partial charge on any atom is -0.334 e. The van der Waals surface area contributed by atoms with Gasteiger partial charge in [-0.1, -0.05) is 29.8 Å². The summed E-state index contributed by atoms with van der Waals surface area (Å²) in [7, 11) is -3.31. The molecule has 0 bridgehead atoms. The van der Waals surface area contributed by atoms with Crippen LogP contribution in [-0.4, -0.2) is 20.7 Å². The van der Waals surface area contributed by atoms with Gasteiger partial charge in [-0.25, -0.2) is 13.2 Å². The lowest BCUT2D eigenvalue weighted by atomic mass is 10.1. The first-order valence-corrected chi connectivity index (χ1v) is 8.89. The van der Waals surface area contributed by atoms with Gasteiger partial charge in [0.05, 0.1) is 6.26 Å². The van der Waals surface area contributed by atoms with Gasteiger partial charge in [-0.15, -0.1) is 0 Å². The first-order chi connectivity index (χ1) is 10.8. The van der Waals surface area contributed by atoms with E-state index >= 15 is 0 Å². The van der Waals surface area contributed by atoms with Crippen LogP contribution in [0, 0.1) is 6.92 Å². The van der Waals surface area contributed by atoms with Gasteiger partial charge in [0.1, 0.15) is 0 Å². The number of amides is 2. The second-order valence-electron chi connectivity index (χ2n) is 5.24. The third kappa shape index (κ3) is 5.99. The predicted octanol–water partition coefficient (Wildman–Crippen LogP) is 2.69. The van der Waals surface area contributed by atoms with Crippen LogP contribution in [-0.2, 0) is 16.6 Å². The minimum absolute atomic E-state index is 0.325. The van der Waals surface area contributed by atoms with E-state index in [1.165, 1.54) is 5.56 Å². The Hall–Kier alpha value is -2.54. The number of benzene rings is 2. The third-order valence-electron chi connectivity index (χ3n) is 3.02. The van der Waals surface area contributed by atoms with E-state index in [0.717, 1.165) is 11.8 Å². The molecule has 0 heterocycles. The fraction of sp³-hybridized carbons (Fsp3) is 0.188. The number of anilines is 2. The van der Waals surface area contributed by atoms with Crippen LogP contribution in [0.15, 0.2) is 48.5 Å². The Balaban J connectivity index is 1.86. The fourth-order valence-electron chi connectivity index (χ4n) is 1.90. The summed E-state index contributed by atoms with van der Waals surface area (Å²) in [6.45, 7) is 2.44. The van der Waals surface area contributed by atoms with E-state index in [-0.39, 0.29) is 6.03 Å². The van der Waals surface area contributed by atoms with Crippen LogP contribution in [0.3, 0.4) is 0 Å². The molecule has 0 unspecified atom stereocenters. The molecule has 2 rings (SSSR count). The van der Waals surface area contributed by atoms with Gasteiger partial charge in [0, 0.05) is 17.9 Å². The summed E-state index contributed by atoms with van der Waals surface area (Å²) in [4.78, 5) is 11.8. The maximum atomic E-state index is 11.8. The van der Waals surface area contributed by atoms with Crippen molar-refractivity contribution in [1.82, 2.24) is 5.32 Å². The Morgan fingerprint density at radius 3 is 2.09 bits per heavy atom. The van der Waals surface area contributed by atoms with Crippen LogP contribution in [0.1, 0.15) is 11.1 Å². The molecule has 0 aromatic heterocycles. The van der Waals surface area contributed by atoms with Gasteiger partial charge in [-0.05, 0) is 36.8 Å². The summed E-state index contributed by atoms with van der Waals surface area (Å²) in [5, 5.41) is 5.44. The number of urea groups is 1. The maximum Gasteiger partial charge on any atom is 0.319 e. The number of carbonyl (C=O) groups excluding carboxylic acids is 1. The Bertz CT molecular complexity index is 769. The second kappa shape index (κ2) is 7.15. The third-order valence-corrected chi connectivity index (χ3v) is 3.63. The average molecular weight is 333 g/mol.